The summed E-state index contributed by atoms with van der Waals surface area (Å²) in [6, 6.07) is 15.3. The van der Waals surface area contributed by atoms with Crippen LogP contribution in [-0.4, -0.2) is 28.7 Å². The number of thiazole rings is 1. The Balaban J connectivity index is 1.57. The first kappa shape index (κ1) is 23.8. The fourth-order valence-electron chi connectivity index (χ4n) is 2.91. The smallest absolute Gasteiger partial charge is 0.239 e. The van der Waals surface area contributed by atoms with Gasteiger partial charge in [-0.15, -0.1) is 23.1 Å². The zero-order chi connectivity index (χ0) is 22.9. The van der Waals surface area contributed by atoms with Crippen LogP contribution in [0.4, 0.5) is 10.8 Å². The minimum atomic E-state index is -0.325. The summed E-state index contributed by atoms with van der Waals surface area (Å²) in [5.41, 5.74) is 2.51. The summed E-state index contributed by atoms with van der Waals surface area (Å²) in [6.07, 6.45) is 1.29. The van der Waals surface area contributed by atoms with Crippen LogP contribution in [0.25, 0.3) is 11.3 Å². The maximum atomic E-state index is 12.7. The summed E-state index contributed by atoms with van der Waals surface area (Å²) >= 11 is 2.83. The highest BCUT2D eigenvalue weighted by molar-refractivity contribution is 8.00. The first-order valence-electron chi connectivity index (χ1n) is 10.5. The Morgan fingerprint density at radius 2 is 1.91 bits per heavy atom. The van der Waals surface area contributed by atoms with E-state index < -0.39 is 0 Å². The Labute approximate surface area is 196 Å². The minimum Gasteiger partial charge on any atom is -0.494 e. The number of carbonyl (C=O) groups is 2. The van der Waals surface area contributed by atoms with Gasteiger partial charge in [0.15, 0.2) is 5.13 Å². The number of hydrogen-bond donors (Lipinski definition) is 2. The van der Waals surface area contributed by atoms with Crippen molar-refractivity contribution in [1.29, 1.82) is 0 Å². The molecule has 2 aromatic carbocycles. The number of anilines is 2. The number of ether oxygens (including phenoxy) is 1. The van der Waals surface area contributed by atoms with Gasteiger partial charge < -0.3 is 15.4 Å². The zero-order valence-corrected chi connectivity index (χ0v) is 20.0. The van der Waals surface area contributed by atoms with Crippen molar-refractivity contribution >= 4 is 45.7 Å². The van der Waals surface area contributed by atoms with Gasteiger partial charge in [0.1, 0.15) is 5.75 Å². The fraction of sp³-hybridized carbons (Fsp3) is 0.292. The largest absolute Gasteiger partial charge is 0.494 e. The monoisotopic (exact) mass is 469 g/mol. The van der Waals surface area contributed by atoms with Crippen molar-refractivity contribution in [3.05, 3.63) is 53.9 Å². The number of carbonyl (C=O) groups excluding carboxylic acids is 2. The molecule has 32 heavy (non-hydrogen) atoms. The van der Waals surface area contributed by atoms with E-state index in [0.29, 0.717) is 18.2 Å². The second kappa shape index (κ2) is 11.7. The Morgan fingerprint density at radius 1 is 1.12 bits per heavy atom. The van der Waals surface area contributed by atoms with Crippen molar-refractivity contribution < 1.29 is 14.3 Å². The molecule has 1 atom stereocenters. The molecule has 0 aliphatic rings. The Kier molecular flexibility index (Phi) is 8.70. The maximum absolute atomic E-state index is 12.7. The molecule has 0 saturated heterocycles. The molecule has 0 aliphatic carbocycles. The van der Waals surface area contributed by atoms with E-state index in [1.54, 1.807) is 0 Å². The molecule has 2 N–H and O–H groups in total. The molecular weight excluding hydrogens is 442 g/mol. The second-order valence-electron chi connectivity index (χ2n) is 7.07. The van der Waals surface area contributed by atoms with Gasteiger partial charge in [0.05, 0.1) is 17.6 Å². The van der Waals surface area contributed by atoms with E-state index in [-0.39, 0.29) is 17.1 Å². The Morgan fingerprint density at radius 3 is 2.62 bits per heavy atom. The highest BCUT2D eigenvalue weighted by Gasteiger charge is 2.17. The molecular formula is C24H27N3O3S2. The Bertz CT molecular complexity index is 1050. The maximum Gasteiger partial charge on any atom is 0.239 e. The molecule has 0 saturated carbocycles. The topological polar surface area (TPSA) is 80.3 Å². The van der Waals surface area contributed by atoms with Crippen LogP contribution >= 0.6 is 23.1 Å². The van der Waals surface area contributed by atoms with Gasteiger partial charge >= 0.3 is 0 Å². The summed E-state index contributed by atoms with van der Waals surface area (Å²) in [7, 11) is 0. The lowest BCUT2D eigenvalue weighted by atomic mass is 10.2. The lowest BCUT2D eigenvalue weighted by Crippen LogP contribution is -2.22. The summed E-state index contributed by atoms with van der Waals surface area (Å²) in [6.45, 7) is 6.39. The van der Waals surface area contributed by atoms with E-state index in [1.807, 2.05) is 74.7 Å². The first-order chi connectivity index (χ1) is 15.5. The highest BCUT2D eigenvalue weighted by Crippen LogP contribution is 2.29. The summed E-state index contributed by atoms with van der Waals surface area (Å²) in [4.78, 5) is 29.9. The molecule has 3 rings (SSSR count). The normalized spacial score (nSPS) is 11.6. The fourth-order valence-corrected chi connectivity index (χ4v) is 4.56. The van der Waals surface area contributed by atoms with E-state index in [2.05, 4.69) is 15.6 Å². The first-order valence-corrected chi connectivity index (χ1v) is 12.3. The summed E-state index contributed by atoms with van der Waals surface area (Å²) < 4.78 is 5.47. The number of benzene rings is 2. The van der Waals surface area contributed by atoms with Crippen molar-refractivity contribution in [2.75, 3.05) is 17.2 Å². The number of nitrogens with zero attached hydrogens (tertiary/aromatic N) is 1. The van der Waals surface area contributed by atoms with Gasteiger partial charge in [0.2, 0.25) is 11.8 Å². The molecule has 1 unspecified atom stereocenters. The lowest BCUT2D eigenvalue weighted by Gasteiger charge is -2.12. The third-order valence-electron chi connectivity index (χ3n) is 4.47. The predicted molar refractivity (Wildman–Crippen MR) is 133 cm³/mol. The van der Waals surface area contributed by atoms with Crippen molar-refractivity contribution in [3.8, 4) is 17.0 Å². The molecule has 0 spiro atoms. The van der Waals surface area contributed by atoms with Crippen LogP contribution in [0.5, 0.6) is 5.75 Å². The molecule has 1 heterocycles. The molecule has 1 aromatic heterocycles. The van der Waals surface area contributed by atoms with Crippen LogP contribution in [0.2, 0.25) is 0 Å². The van der Waals surface area contributed by atoms with Gasteiger partial charge in [-0.2, -0.15) is 0 Å². The average molecular weight is 470 g/mol. The minimum absolute atomic E-state index is 0.00690. The van der Waals surface area contributed by atoms with Crippen molar-refractivity contribution in [2.45, 2.75) is 43.8 Å². The van der Waals surface area contributed by atoms with Gasteiger partial charge in [-0.3, -0.25) is 9.59 Å². The molecule has 3 aromatic rings. The van der Waals surface area contributed by atoms with E-state index in [1.165, 1.54) is 23.1 Å². The van der Waals surface area contributed by atoms with Crippen LogP contribution < -0.4 is 15.4 Å². The van der Waals surface area contributed by atoms with E-state index in [9.17, 15) is 9.59 Å². The second-order valence-corrected chi connectivity index (χ2v) is 9.34. The van der Waals surface area contributed by atoms with Crippen LogP contribution in [0.1, 0.15) is 33.6 Å². The van der Waals surface area contributed by atoms with Crippen LogP contribution in [0.15, 0.2) is 58.8 Å². The van der Waals surface area contributed by atoms with E-state index in [4.69, 9.17) is 4.74 Å². The van der Waals surface area contributed by atoms with Crippen molar-refractivity contribution in [2.24, 2.45) is 0 Å². The molecule has 0 aliphatic heterocycles. The van der Waals surface area contributed by atoms with Crippen molar-refractivity contribution in [3.63, 3.8) is 0 Å². The molecule has 0 bridgehead atoms. The average Bonchev–Trinajstić information content (AvgIpc) is 3.23. The van der Waals surface area contributed by atoms with Gasteiger partial charge in [-0.25, -0.2) is 4.98 Å². The summed E-state index contributed by atoms with van der Waals surface area (Å²) in [5.74, 6) is 0.690. The Hall–Kier alpha value is -2.84. The lowest BCUT2D eigenvalue weighted by molar-refractivity contribution is -0.116. The van der Waals surface area contributed by atoms with E-state index >= 15 is 0 Å². The quantitative estimate of drug-likeness (QED) is 0.352. The number of aromatic nitrogens is 1. The number of hydrogen-bond acceptors (Lipinski definition) is 6. The third kappa shape index (κ3) is 6.83. The van der Waals surface area contributed by atoms with Crippen molar-refractivity contribution in [1.82, 2.24) is 4.98 Å². The molecule has 168 valence electrons. The summed E-state index contributed by atoms with van der Waals surface area (Å²) in [5, 5.41) is 7.95. The molecule has 2 amide bonds. The van der Waals surface area contributed by atoms with Gasteiger partial charge in [0.25, 0.3) is 0 Å². The van der Waals surface area contributed by atoms with E-state index in [0.717, 1.165) is 34.0 Å². The van der Waals surface area contributed by atoms with Gasteiger partial charge in [0, 0.05) is 27.9 Å². The third-order valence-corrected chi connectivity index (χ3v) is 6.32. The molecule has 6 nitrogen and oxygen atoms in total. The number of rotatable bonds is 10. The zero-order valence-electron chi connectivity index (χ0n) is 18.4. The number of nitrogens with one attached hydrogen (secondary N) is 2. The van der Waals surface area contributed by atoms with Crippen LogP contribution in [0.3, 0.4) is 0 Å². The predicted octanol–water partition coefficient (Wildman–Crippen LogP) is 6.07. The number of thioether (sulfide) groups is 1. The van der Waals surface area contributed by atoms with Crippen LogP contribution in [0, 0.1) is 0 Å². The van der Waals surface area contributed by atoms with Gasteiger partial charge in [-0.05, 0) is 62.7 Å². The van der Waals surface area contributed by atoms with Gasteiger partial charge in [-0.1, -0.05) is 13.0 Å². The SMILES string of the molecule is CCCC(=O)Nc1cccc(SC(C)C(=O)Nc2nc(-c3ccc(OCC)cc3)cs2)c1. The molecule has 0 fully saturated rings. The molecule has 0 radical (unpaired) electrons. The highest BCUT2D eigenvalue weighted by atomic mass is 32.2. The van der Waals surface area contributed by atoms with Crippen LogP contribution in [-0.2, 0) is 9.59 Å². The standard InChI is InChI=1S/C24H27N3O3S2/c1-4-7-22(28)25-18-8-6-9-20(14-18)32-16(3)23(29)27-24-26-21(15-31-24)17-10-12-19(13-11-17)30-5-2/h6,8-16H,4-5,7H2,1-3H3,(H,25,28)(H,26,27,29). The number of amides is 2. The molecule has 8 heteroatoms.